The van der Waals surface area contributed by atoms with Gasteiger partial charge in [0.25, 0.3) is 5.91 Å². The Morgan fingerprint density at radius 3 is 2.83 bits per heavy atom. The molecule has 18 heavy (non-hydrogen) atoms. The lowest BCUT2D eigenvalue weighted by molar-refractivity contribution is 0.102. The molecule has 1 amide bonds. The number of nitrogens with one attached hydrogen (secondary N) is 2. The van der Waals surface area contributed by atoms with E-state index in [2.05, 4.69) is 31.2 Å². The fraction of sp³-hybridized carbons (Fsp3) is 0.0833. The van der Waals surface area contributed by atoms with Gasteiger partial charge >= 0.3 is 0 Å². The standard InChI is InChI=1S/C12H10BrN3O2/c1-7-4-9(6-15-11(7)13)16-12(18)8-2-3-10(17)14-5-8/h2-6H,1H3,(H,14,17)(H,16,18). The van der Waals surface area contributed by atoms with Crippen LogP contribution in [0.15, 0.2) is 40.0 Å². The molecule has 2 aromatic heterocycles. The van der Waals surface area contributed by atoms with Crippen LogP contribution in [-0.2, 0) is 0 Å². The van der Waals surface area contributed by atoms with E-state index in [4.69, 9.17) is 0 Å². The summed E-state index contributed by atoms with van der Waals surface area (Å²) in [5.74, 6) is -0.297. The molecule has 6 heteroatoms. The number of hydrogen-bond donors (Lipinski definition) is 2. The van der Waals surface area contributed by atoms with Crippen LogP contribution in [0.5, 0.6) is 0 Å². The SMILES string of the molecule is Cc1cc(NC(=O)c2ccc(=O)[nH]c2)cnc1Br. The van der Waals surface area contributed by atoms with Gasteiger partial charge in [-0.1, -0.05) is 0 Å². The first-order valence-corrected chi connectivity index (χ1v) is 5.98. The average Bonchev–Trinajstić information content (AvgIpc) is 2.34. The van der Waals surface area contributed by atoms with E-state index in [9.17, 15) is 9.59 Å². The lowest BCUT2D eigenvalue weighted by atomic mass is 10.2. The van der Waals surface area contributed by atoms with Gasteiger partial charge in [0.05, 0.1) is 17.4 Å². The van der Waals surface area contributed by atoms with Crippen molar-refractivity contribution in [1.29, 1.82) is 0 Å². The monoisotopic (exact) mass is 307 g/mol. The first kappa shape index (κ1) is 12.5. The van der Waals surface area contributed by atoms with Gasteiger partial charge in [-0.05, 0) is 40.5 Å². The Labute approximate surface area is 111 Å². The highest BCUT2D eigenvalue weighted by atomic mass is 79.9. The number of aromatic nitrogens is 2. The van der Waals surface area contributed by atoms with E-state index in [0.717, 1.165) is 10.2 Å². The number of aromatic amines is 1. The topological polar surface area (TPSA) is 74.8 Å². The smallest absolute Gasteiger partial charge is 0.257 e. The Balaban J connectivity index is 2.18. The lowest BCUT2D eigenvalue weighted by Crippen LogP contribution is -2.14. The van der Waals surface area contributed by atoms with Gasteiger partial charge in [0.1, 0.15) is 4.60 Å². The van der Waals surface area contributed by atoms with E-state index >= 15 is 0 Å². The van der Waals surface area contributed by atoms with Crippen molar-refractivity contribution in [1.82, 2.24) is 9.97 Å². The van der Waals surface area contributed by atoms with Crippen molar-refractivity contribution in [3.63, 3.8) is 0 Å². The summed E-state index contributed by atoms with van der Waals surface area (Å²) >= 11 is 3.28. The van der Waals surface area contributed by atoms with Crippen molar-refractivity contribution in [2.75, 3.05) is 5.32 Å². The normalized spacial score (nSPS) is 10.1. The lowest BCUT2D eigenvalue weighted by Gasteiger charge is -2.06. The maximum Gasteiger partial charge on any atom is 0.257 e. The van der Waals surface area contributed by atoms with Gasteiger partial charge < -0.3 is 10.3 Å². The number of hydrogen-bond acceptors (Lipinski definition) is 3. The number of carbonyl (C=O) groups excluding carboxylic acids is 1. The molecular weight excluding hydrogens is 298 g/mol. The molecule has 0 atom stereocenters. The largest absolute Gasteiger partial charge is 0.328 e. The predicted octanol–water partition coefficient (Wildman–Crippen LogP) is 2.09. The van der Waals surface area contributed by atoms with Crippen molar-refractivity contribution in [2.45, 2.75) is 6.92 Å². The van der Waals surface area contributed by atoms with Gasteiger partial charge in [-0.25, -0.2) is 4.98 Å². The summed E-state index contributed by atoms with van der Waals surface area (Å²) in [6.07, 6.45) is 2.93. The highest BCUT2D eigenvalue weighted by molar-refractivity contribution is 9.10. The van der Waals surface area contributed by atoms with Crippen LogP contribution in [0.2, 0.25) is 0 Å². The first-order chi connectivity index (χ1) is 8.56. The van der Waals surface area contributed by atoms with E-state index in [-0.39, 0.29) is 11.5 Å². The molecule has 0 aliphatic rings. The Kier molecular flexibility index (Phi) is 3.57. The first-order valence-electron chi connectivity index (χ1n) is 5.18. The van der Waals surface area contributed by atoms with Crippen LogP contribution in [-0.4, -0.2) is 15.9 Å². The Hall–Kier alpha value is -1.95. The molecule has 2 N–H and O–H groups in total. The molecule has 0 unspecified atom stereocenters. The zero-order chi connectivity index (χ0) is 13.1. The second kappa shape index (κ2) is 5.14. The second-order valence-corrected chi connectivity index (χ2v) is 4.48. The van der Waals surface area contributed by atoms with Crippen LogP contribution in [0.3, 0.4) is 0 Å². The minimum Gasteiger partial charge on any atom is -0.328 e. The van der Waals surface area contributed by atoms with Gasteiger partial charge in [0, 0.05) is 12.3 Å². The minimum absolute atomic E-state index is 0.243. The van der Waals surface area contributed by atoms with Crippen LogP contribution in [0.1, 0.15) is 15.9 Å². The van der Waals surface area contributed by atoms with E-state index in [0.29, 0.717) is 11.3 Å². The average molecular weight is 308 g/mol. The molecule has 0 aliphatic carbocycles. The molecule has 92 valence electrons. The summed E-state index contributed by atoms with van der Waals surface area (Å²) in [4.78, 5) is 29.3. The summed E-state index contributed by atoms with van der Waals surface area (Å²) < 4.78 is 0.740. The van der Waals surface area contributed by atoms with Gasteiger partial charge in [-0.2, -0.15) is 0 Å². The zero-order valence-electron chi connectivity index (χ0n) is 9.53. The Bertz CT molecular complexity index is 632. The van der Waals surface area contributed by atoms with Gasteiger partial charge in [-0.3, -0.25) is 9.59 Å². The molecule has 5 nitrogen and oxygen atoms in total. The maximum absolute atomic E-state index is 11.8. The third kappa shape index (κ3) is 2.84. The maximum atomic E-state index is 11.8. The molecule has 0 fully saturated rings. The number of anilines is 1. The van der Waals surface area contributed by atoms with Crippen LogP contribution >= 0.6 is 15.9 Å². The van der Waals surface area contributed by atoms with Crippen LogP contribution in [0, 0.1) is 6.92 Å². The molecule has 0 saturated heterocycles. The van der Waals surface area contributed by atoms with Gasteiger partial charge in [-0.15, -0.1) is 0 Å². The molecule has 0 bridgehead atoms. The summed E-state index contributed by atoms with van der Waals surface area (Å²) in [5.41, 5.74) is 1.67. The number of carbonyl (C=O) groups is 1. The molecular formula is C12H10BrN3O2. The van der Waals surface area contributed by atoms with Crippen molar-refractivity contribution < 1.29 is 4.79 Å². The minimum atomic E-state index is -0.297. The van der Waals surface area contributed by atoms with Crippen LogP contribution in [0.4, 0.5) is 5.69 Å². The van der Waals surface area contributed by atoms with E-state index in [1.807, 2.05) is 6.92 Å². The number of rotatable bonds is 2. The van der Waals surface area contributed by atoms with Crippen LogP contribution in [0.25, 0.3) is 0 Å². The number of aryl methyl sites for hydroxylation is 1. The molecule has 0 radical (unpaired) electrons. The summed E-state index contributed by atoms with van der Waals surface area (Å²) in [5, 5.41) is 2.70. The van der Waals surface area contributed by atoms with E-state index < -0.39 is 0 Å². The number of halogens is 1. The number of amides is 1. The number of pyridine rings is 2. The van der Waals surface area contributed by atoms with Crippen molar-refractivity contribution in [3.05, 3.63) is 56.7 Å². The highest BCUT2D eigenvalue weighted by Crippen LogP contribution is 2.17. The Morgan fingerprint density at radius 1 is 1.44 bits per heavy atom. The molecule has 0 aliphatic heterocycles. The third-order valence-corrected chi connectivity index (χ3v) is 3.15. The second-order valence-electron chi connectivity index (χ2n) is 3.73. The number of H-pyrrole nitrogens is 1. The summed E-state index contributed by atoms with van der Waals surface area (Å²) in [6, 6.07) is 4.58. The van der Waals surface area contributed by atoms with Crippen LogP contribution < -0.4 is 10.9 Å². The molecule has 2 aromatic rings. The van der Waals surface area contributed by atoms with Crippen molar-refractivity contribution in [2.24, 2.45) is 0 Å². The summed E-state index contributed by atoms with van der Waals surface area (Å²) in [7, 11) is 0. The quantitative estimate of drug-likeness (QED) is 0.834. The molecule has 2 heterocycles. The molecule has 0 spiro atoms. The zero-order valence-corrected chi connectivity index (χ0v) is 11.1. The molecule has 0 aromatic carbocycles. The van der Waals surface area contributed by atoms with Crippen molar-refractivity contribution >= 4 is 27.5 Å². The predicted molar refractivity (Wildman–Crippen MR) is 71.7 cm³/mol. The summed E-state index contributed by atoms with van der Waals surface area (Å²) in [6.45, 7) is 1.88. The van der Waals surface area contributed by atoms with Gasteiger partial charge in [0.2, 0.25) is 5.56 Å². The van der Waals surface area contributed by atoms with Crippen molar-refractivity contribution in [3.8, 4) is 0 Å². The third-order valence-electron chi connectivity index (χ3n) is 2.32. The highest BCUT2D eigenvalue weighted by Gasteiger charge is 2.07. The van der Waals surface area contributed by atoms with E-state index in [1.54, 1.807) is 12.3 Å². The van der Waals surface area contributed by atoms with Gasteiger partial charge in [0.15, 0.2) is 0 Å². The molecule has 2 rings (SSSR count). The molecule has 0 saturated carbocycles. The Morgan fingerprint density at radius 2 is 2.22 bits per heavy atom. The fourth-order valence-corrected chi connectivity index (χ4v) is 1.60. The van der Waals surface area contributed by atoms with E-state index in [1.165, 1.54) is 18.3 Å². The number of nitrogens with zero attached hydrogens (tertiary/aromatic N) is 1. The fourth-order valence-electron chi connectivity index (χ4n) is 1.38.